The van der Waals surface area contributed by atoms with Gasteiger partial charge in [-0.15, -0.1) is 0 Å². The van der Waals surface area contributed by atoms with Gasteiger partial charge in [-0.25, -0.2) is 13.2 Å². The number of nitrogens with one attached hydrogen (secondary N) is 1. The number of hydrogen-bond donors (Lipinski definition) is 1. The van der Waals surface area contributed by atoms with Gasteiger partial charge in [-0.2, -0.15) is 0 Å². The van der Waals surface area contributed by atoms with Gasteiger partial charge in [0.25, 0.3) is 0 Å². The Balaban J connectivity index is 1.62. The quantitative estimate of drug-likeness (QED) is 0.849. The topological polar surface area (TPSA) is 49.4 Å². The highest BCUT2D eigenvalue weighted by atomic mass is 19.1. The summed E-state index contributed by atoms with van der Waals surface area (Å²) < 4.78 is 40.6. The van der Waals surface area contributed by atoms with Crippen LogP contribution in [0.2, 0.25) is 0 Å². The number of carbonyl (C=O) groups excluding carboxylic acids is 2. The SMILES string of the molecule is O=C(c1c(F)cc(F)cc1F)C1CCN(C(=O)C2CCCNC2)CC1. The minimum absolute atomic E-state index is 0.0343. The van der Waals surface area contributed by atoms with Gasteiger partial charge in [-0.1, -0.05) is 0 Å². The zero-order valence-corrected chi connectivity index (χ0v) is 13.9. The number of ketones is 1. The van der Waals surface area contributed by atoms with Crippen molar-refractivity contribution in [3.63, 3.8) is 0 Å². The monoisotopic (exact) mass is 354 g/mol. The molecule has 1 N–H and O–H groups in total. The number of piperidine rings is 2. The van der Waals surface area contributed by atoms with Crippen LogP contribution in [0, 0.1) is 29.3 Å². The molecule has 1 atom stereocenters. The van der Waals surface area contributed by atoms with Gasteiger partial charge in [-0.05, 0) is 32.2 Å². The third kappa shape index (κ3) is 3.86. The largest absolute Gasteiger partial charge is 0.342 e. The first-order chi connectivity index (χ1) is 12.0. The van der Waals surface area contributed by atoms with Crippen molar-refractivity contribution in [2.45, 2.75) is 25.7 Å². The lowest BCUT2D eigenvalue weighted by Gasteiger charge is -2.35. The van der Waals surface area contributed by atoms with Crippen molar-refractivity contribution in [1.29, 1.82) is 0 Å². The second kappa shape index (κ2) is 7.56. The molecule has 0 spiro atoms. The molecule has 1 aromatic carbocycles. The summed E-state index contributed by atoms with van der Waals surface area (Å²) in [4.78, 5) is 26.6. The number of likely N-dealkylation sites (tertiary alicyclic amines) is 1. The fourth-order valence-corrected chi connectivity index (χ4v) is 3.66. The summed E-state index contributed by atoms with van der Waals surface area (Å²) in [5.41, 5.74) is -0.678. The van der Waals surface area contributed by atoms with E-state index >= 15 is 0 Å². The first-order valence-corrected chi connectivity index (χ1v) is 8.65. The van der Waals surface area contributed by atoms with Crippen LogP contribution in [0.15, 0.2) is 12.1 Å². The number of carbonyl (C=O) groups is 2. The Hall–Kier alpha value is -1.89. The van der Waals surface area contributed by atoms with Crippen LogP contribution in [-0.4, -0.2) is 42.8 Å². The summed E-state index contributed by atoms with van der Waals surface area (Å²) in [5, 5.41) is 3.20. The molecular weight excluding hydrogens is 333 g/mol. The predicted molar refractivity (Wildman–Crippen MR) is 85.5 cm³/mol. The fourth-order valence-electron chi connectivity index (χ4n) is 3.66. The Morgan fingerprint density at radius 1 is 1.00 bits per heavy atom. The molecule has 2 aliphatic heterocycles. The molecule has 2 fully saturated rings. The van der Waals surface area contributed by atoms with E-state index in [-0.39, 0.29) is 11.8 Å². The maximum Gasteiger partial charge on any atom is 0.226 e. The van der Waals surface area contributed by atoms with E-state index in [9.17, 15) is 22.8 Å². The van der Waals surface area contributed by atoms with Gasteiger partial charge >= 0.3 is 0 Å². The molecule has 0 radical (unpaired) electrons. The van der Waals surface area contributed by atoms with Crippen LogP contribution < -0.4 is 5.32 Å². The molecule has 7 heteroatoms. The lowest BCUT2D eigenvalue weighted by Crippen LogP contribution is -2.46. The van der Waals surface area contributed by atoms with E-state index in [4.69, 9.17) is 0 Å². The van der Waals surface area contributed by atoms with Gasteiger partial charge in [0.15, 0.2) is 5.78 Å². The van der Waals surface area contributed by atoms with E-state index in [0.29, 0.717) is 44.6 Å². The van der Waals surface area contributed by atoms with Crippen LogP contribution in [0.1, 0.15) is 36.0 Å². The molecule has 1 unspecified atom stereocenters. The molecule has 4 nitrogen and oxygen atoms in total. The molecule has 0 bridgehead atoms. The summed E-state index contributed by atoms with van der Waals surface area (Å²) in [6.07, 6.45) is 2.55. The summed E-state index contributed by atoms with van der Waals surface area (Å²) in [6.45, 7) is 2.39. The molecule has 1 aromatic rings. The average Bonchev–Trinajstić information content (AvgIpc) is 2.61. The lowest BCUT2D eigenvalue weighted by atomic mass is 9.87. The molecule has 0 aromatic heterocycles. The first kappa shape index (κ1) is 17.9. The molecule has 3 rings (SSSR count). The van der Waals surface area contributed by atoms with Crippen molar-refractivity contribution in [2.24, 2.45) is 11.8 Å². The zero-order valence-electron chi connectivity index (χ0n) is 13.9. The third-order valence-electron chi connectivity index (χ3n) is 5.08. The average molecular weight is 354 g/mol. The molecule has 136 valence electrons. The van der Waals surface area contributed by atoms with Crippen LogP contribution in [-0.2, 0) is 4.79 Å². The molecule has 25 heavy (non-hydrogen) atoms. The maximum absolute atomic E-state index is 13.8. The van der Waals surface area contributed by atoms with Crippen molar-refractivity contribution >= 4 is 11.7 Å². The summed E-state index contributed by atoms with van der Waals surface area (Å²) in [6, 6.07) is 1.04. The normalized spacial score (nSPS) is 22.0. The Morgan fingerprint density at radius 3 is 2.20 bits per heavy atom. The highest BCUT2D eigenvalue weighted by molar-refractivity contribution is 5.98. The minimum Gasteiger partial charge on any atom is -0.342 e. The second-order valence-corrected chi connectivity index (χ2v) is 6.75. The molecule has 2 saturated heterocycles. The van der Waals surface area contributed by atoms with E-state index in [1.165, 1.54) is 0 Å². The Labute approximate surface area is 144 Å². The van der Waals surface area contributed by atoms with Gasteiger partial charge in [0.05, 0.1) is 11.5 Å². The van der Waals surface area contributed by atoms with Crippen molar-refractivity contribution in [3.8, 4) is 0 Å². The van der Waals surface area contributed by atoms with Gasteiger partial charge in [0, 0.05) is 37.7 Å². The van der Waals surface area contributed by atoms with E-state index in [0.717, 1.165) is 19.4 Å². The molecule has 1 amide bonds. The van der Waals surface area contributed by atoms with Crippen LogP contribution in [0.5, 0.6) is 0 Å². The van der Waals surface area contributed by atoms with Crippen molar-refractivity contribution in [3.05, 3.63) is 35.1 Å². The van der Waals surface area contributed by atoms with Gasteiger partial charge in [0.2, 0.25) is 5.91 Å². The minimum atomic E-state index is -1.17. The van der Waals surface area contributed by atoms with Gasteiger partial charge in [-0.3, -0.25) is 9.59 Å². The Bertz CT molecular complexity index is 643. The van der Waals surface area contributed by atoms with Crippen molar-refractivity contribution in [2.75, 3.05) is 26.2 Å². The molecule has 2 heterocycles. The Morgan fingerprint density at radius 2 is 1.64 bits per heavy atom. The van der Waals surface area contributed by atoms with Gasteiger partial charge < -0.3 is 10.2 Å². The van der Waals surface area contributed by atoms with Crippen LogP contribution >= 0.6 is 0 Å². The number of hydrogen-bond acceptors (Lipinski definition) is 3. The predicted octanol–water partition coefficient (Wildman–Crippen LogP) is 2.52. The van der Waals surface area contributed by atoms with Crippen molar-refractivity contribution < 1.29 is 22.8 Å². The summed E-state index contributed by atoms with van der Waals surface area (Å²) >= 11 is 0. The number of rotatable bonds is 3. The van der Waals surface area contributed by atoms with Crippen molar-refractivity contribution in [1.82, 2.24) is 10.2 Å². The van der Waals surface area contributed by atoms with E-state index in [1.54, 1.807) is 4.90 Å². The summed E-state index contributed by atoms with van der Waals surface area (Å²) in [7, 11) is 0. The van der Waals surface area contributed by atoms with Crippen LogP contribution in [0.4, 0.5) is 13.2 Å². The Kier molecular flexibility index (Phi) is 5.42. The number of amides is 1. The first-order valence-electron chi connectivity index (χ1n) is 8.65. The number of benzene rings is 1. The maximum atomic E-state index is 13.8. The zero-order chi connectivity index (χ0) is 18.0. The number of nitrogens with zero attached hydrogens (tertiary/aromatic N) is 1. The van der Waals surface area contributed by atoms with Crippen LogP contribution in [0.3, 0.4) is 0 Å². The lowest BCUT2D eigenvalue weighted by molar-refractivity contribution is -0.137. The molecule has 2 aliphatic rings. The summed E-state index contributed by atoms with van der Waals surface area (Å²) in [5.74, 6) is -4.55. The standard InChI is InChI=1S/C18H21F3N2O2/c19-13-8-14(20)16(15(21)9-13)17(24)11-3-6-23(7-4-11)18(25)12-2-1-5-22-10-12/h8-9,11-12,22H,1-7,10H2. The second-order valence-electron chi connectivity index (χ2n) is 6.75. The number of halogens is 3. The fraction of sp³-hybridized carbons (Fsp3) is 0.556. The van der Waals surface area contributed by atoms with E-state index in [2.05, 4.69) is 5.32 Å². The molecule has 0 aliphatic carbocycles. The van der Waals surface area contributed by atoms with Gasteiger partial charge in [0.1, 0.15) is 17.5 Å². The third-order valence-corrected chi connectivity index (χ3v) is 5.08. The number of Topliss-reactive ketones (excluding diaryl/α,β-unsaturated/α-hetero) is 1. The highest BCUT2D eigenvalue weighted by Gasteiger charge is 2.33. The molecule has 0 saturated carbocycles. The van der Waals surface area contributed by atoms with E-state index in [1.807, 2.05) is 0 Å². The van der Waals surface area contributed by atoms with E-state index < -0.39 is 34.7 Å². The van der Waals surface area contributed by atoms with Crippen LogP contribution in [0.25, 0.3) is 0 Å². The molecular formula is C18H21F3N2O2. The smallest absolute Gasteiger partial charge is 0.226 e. The highest BCUT2D eigenvalue weighted by Crippen LogP contribution is 2.26.